The van der Waals surface area contributed by atoms with E-state index in [-0.39, 0.29) is 0 Å². The summed E-state index contributed by atoms with van der Waals surface area (Å²) in [6.07, 6.45) is 5.06. The van der Waals surface area contributed by atoms with Gasteiger partial charge < -0.3 is 15.4 Å². The molecule has 0 aromatic heterocycles. The number of anilines is 1. The first-order chi connectivity index (χ1) is 9.72. The quantitative estimate of drug-likeness (QED) is 0.865. The standard InChI is InChI=1S/C17H28N2O/c1-3-5-6-14-11-15(18)13-19(12-14)16-7-9-17(10-8-16)20-4-2/h7-10,14-15H,3-6,11-13,18H2,1-2H3. The fourth-order valence-corrected chi connectivity index (χ4v) is 3.08. The number of benzene rings is 1. The molecule has 0 saturated carbocycles. The molecule has 2 N–H and O–H groups in total. The second kappa shape index (κ2) is 7.53. The molecule has 2 unspecified atom stereocenters. The van der Waals surface area contributed by atoms with Crippen molar-refractivity contribution in [2.75, 3.05) is 24.6 Å². The van der Waals surface area contributed by atoms with E-state index in [1.807, 2.05) is 6.92 Å². The summed E-state index contributed by atoms with van der Waals surface area (Å²) >= 11 is 0. The summed E-state index contributed by atoms with van der Waals surface area (Å²) in [4.78, 5) is 2.43. The van der Waals surface area contributed by atoms with Crippen molar-refractivity contribution in [1.29, 1.82) is 0 Å². The van der Waals surface area contributed by atoms with Gasteiger partial charge in [-0.05, 0) is 49.9 Å². The van der Waals surface area contributed by atoms with E-state index in [4.69, 9.17) is 10.5 Å². The Morgan fingerprint density at radius 1 is 1.20 bits per heavy atom. The molecule has 2 rings (SSSR count). The fourth-order valence-electron chi connectivity index (χ4n) is 3.08. The van der Waals surface area contributed by atoms with Gasteiger partial charge in [-0.3, -0.25) is 0 Å². The van der Waals surface area contributed by atoms with Crippen LogP contribution in [0.5, 0.6) is 5.75 Å². The number of ether oxygens (including phenoxy) is 1. The normalized spacial score (nSPS) is 22.9. The highest BCUT2D eigenvalue weighted by Crippen LogP contribution is 2.27. The topological polar surface area (TPSA) is 38.5 Å². The second-order valence-electron chi connectivity index (χ2n) is 5.84. The van der Waals surface area contributed by atoms with Crippen LogP contribution in [0.3, 0.4) is 0 Å². The van der Waals surface area contributed by atoms with Gasteiger partial charge in [0.05, 0.1) is 6.61 Å². The molecule has 0 bridgehead atoms. The zero-order chi connectivity index (χ0) is 14.4. The van der Waals surface area contributed by atoms with Crippen molar-refractivity contribution < 1.29 is 4.74 Å². The molecule has 3 nitrogen and oxygen atoms in total. The third-order valence-corrected chi connectivity index (χ3v) is 4.05. The lowest BCUT2D eigenvalue weighted by Crippen LogP contribution is -2.47. The van der Waals surface area contributed by atoms with Crippen molar-refractivity contribution in [3.63, 3.8) is 0 Å². The van der Waals surface area contributed by atoms with Gasteiger partial charge in [0.2, 0.25) is 0 Å². The predicted octanol–water partition coefficient (Wildman–Crippen LogP) is 3.43. The average Bonchev–Trinajstić information content (AvgIpc) is 2.46. The van der Waals surface area contributed by atoms with Crippen molar-refractivity contribution >= 4 is 5.69 Å². The van der Waals surface area contributed by atoms with Gasteiger partial charge in [0, 0.05) is 24.8 Å². The van der Waals surface area contributed by atoms with Crippen LogP contribution in [-0.2, 0) is 0 Å². The molecular weight excluding hydrogens is 248 g/mol. The lowest BCUT2D eigenvalue weighted by atomic mass is 9.90. The van der Waals surface area contributed by atoms with Gasteiger partial charge in [-0.25, -0.2) is 0 Å². The molecule has 0 radical (unpaired) electrons. The van der Waals surface area contributed by atoms with Crippen LogP contribution in [0, 0.1) is 5.92 Å². The Morgan fingerprint density at radius 3 is 2.60 bits per heavy atom. The summed E-state index contributed by atoms with van der Waals surface area (Å²) in [6, 6.07) is 8.72. The van der Waals surface area contributed by atoms with E-state index >= 15 is 0 Å². The van der Waals surface area contributed by atoms with Crippen LogP contribution < -0.4 is 15.4 Å². The van der Waals surface area contributed by atoms with E-state index in [2.05, 4.69) is 36.1 Å². The number of unbranched alkanes of at least 4 members (excludes halogenated alkanes) is 1. The van der Waals surface area contributed by atoms with E-state index in [0.717, 1.165) is 24.8 Å². The highest BCUT2D eigenvalue weighted by Gasteiger charge is 2.24. The highest BCUT2D eigenvalue weighted by molar-refractivity contribution is 5.49. The molecule has 3 heteroatoms. The van der Waals surface area contributed by atoms with Gasteiger partial charge in [0.25, 0.3) is 0 Å². The molecule has 1 fully saturated rings. The maximum absolute atomic E-state index is 6.24. The Balaban J connectivity index is 1.99. The minimum absolute atomic E-state index is 0.303. The van der Waals surface area contributed by atoms with Gasteiger partial charge in [-0.2, -0.15) is 0 Å². The van der Waals surface area contributed by atoms with Crippen LogP contribution >= 0.6 is 0 Å². The van der Waals surface area contributed by atoms with Crippen LogP contribution in [0.1, 0.15) is 39.5 Å². The first-order valence-electron chi connectivity index (χ1n) is 7.96. The Kier molecular flexibility index (Phi) is 5.72. The second-order valence-corrected chi connectivity index (χ2v) is 5.84. The molecule has 1 aromatic carbocycles. The van der Waals surface area contributed by atoms with Crippen molar-refractivity contribution in [2.45, 2.75) is 45.6 Å². The van der Waals surface area contributed by atoms with Crippen LogP contribution in [-0.4, -0.2) is 25.7 Å². The zero-order valence-corrected chi connectivity index (χ0v) is 12.8. The van der Waals surface area contributed by atoms with Gasteiger partial charge >= 0.3 is 0 Å². The number of nitrogens with zero attached hydrogens (tertiary/aromatic N) is 1. The van der Waals surface area contributed by atoms with E-state index in [0.29, 0.717) is 12.6 Å². The number of nitrogens with two attached hydrogens (primary N) is 1. The predicted molar refractivity (Wildman–Crippen MR) is 85.4 cm³/mol. The molecule has 1 saturated heterocycles. The van der Waals surface area contributed by atoms with E-state index in [1.54, 1.807) is 0 Å². The molecule has 1 aromatic rings. The van der Waals surface area contributed by atoms with Crippen molar-refractivity contribution in [1.82, 2.24) is 0 Å². The Bertz CT molecular complexity index is 390. The zero-order valence-electron chi connectivity index (χ0n) is 12.8. The summed E-state index contributed by atoms with van der Waals surface area (Å²) in [6.45, 7) is 7.09. The van der Waals surface area contributed by atoms with Gasteiger partial charge in [-0.15, -0.1) is 0 Å². The van der Waals surface area contributed by atoms with Gasteiger partial charge in [-0.1, -0.05) is 19.8 Å². The fraction of sp³-hybridized carbons (Fsp3) is 0.647. The molecule has 0 amide bonds. The minimum atomic E-state index is 0.303. The van der Waals surface area contributed by atoms with Crippen LogP contribution in [0.15, 0.2) is 24.3 Å². The van der Waals surface area contributed by atoms with Crippen molar-refractivity contribution in [3.8, 4) is 5.75 Å². The summed E-state index contributed by atoms with van der Waals surface area (Å²) in [7, 11) is 0. The van der Waals surface area contributed by atoms with Crippen LogP contribution in [0.25, 0.3) is 0 Å². The first kappa shape index (κ1) is 15.2. The van der Waals surface area contributed by atoms with E-state index < -0.39 is 0 Å². The number of hydrogen-bond acceptors (Lipinski definition) is 3. The molecule has 2 atom stereocenters. The summed E-state index contributed by atoms with van der Waals surface area (Å²) in [5.74, 6) is 1.69. The van der Waals surface area contributed by atoms with Crippen molar-refractivity contribution in [2.24, 2.45) is 11.7 Å². The summed E-state index contributed by atoms with van der Waals surface area (Å²) in [5, 5.41) is 0. The van der Waals surface area contributed by atoms with Gasteiger partial charge in [0.1, 0.15) is 5.75 Å². The van der Waals surface area contributed by atoms with E-state index in [9.17, 15) is 0 Å². The molecule has 112 valence electrons. The number of rotatable bonds is 6. The third-order valence-electron chi connectivity index (χ3n) is 4.05. The molecule has 1 aliphatic rings. The summed E-state index contributed by atoms with van der Waals surface area (Å²) in [5.41, 5.74) is 7.50. The largest absolute Gasteiger partial charge is 0.494 e. The lowest BCUT2D eigenvalue weighted by Gasteiger charge is -2.38. The van der Waals surface area contributed by atoms with E-state index in [1.165, 1.54) is 31.4 Å². The highest BCUT2D eigenvalue weighted by atomic mass is 16.5. The molecular formula is C17H28N2O. The maximum atomic E-state index is 6.24. The molecule has 1 aliphatic heterocycles. The molecule has 0 spiro atoms. The Hall–Kier alpha value is -1.22. The maximum Gasteiger partial charge on any atom is 0.119 e. The van der Waals surface area contributed by atoms with Crippen molar-refractivity contribution in [3.05, 3.63) is 24.3 Å². The number of piperidine rings is 1. The third kappa shape index (κ3) is 4.14. The lowest BCUT2D eigenvalue weighted by molar-refractivity contribution is 0.339. The first-order valence-corrected chi connectivity index (χ1v) is 7.96. The smallest absolute Gasteiger partial charge is 0.119 e. The molecule has 0 aliphatic carbocycles. The SMILES string of the molecule is CCCCC1CC(N)CN(c2ccc(OCC)cc2)C1. The summed E-state index contributed by atoms with van der Waals surface area (Å²) < 4.78 is 5.50. The Labute approximate surface area is 123 Å². The monoisotopic (exact) mass is 276 g/mol. The molecule has 20 heavy (non-hydrogen) atoms. The molecule has 1 heterocycles. The van der Waals surface area contributed by atoms with Crippen LogP contribution in [0.2, 0.25) is 0 Å². The van der Waals surface area contributed by atoms with Crippen LogP contribution in [0.4, 0.5) is 5.69 Å². The Morgan fingerprint density at radius 2 is 1.95 bits per heavy atom. The minimum Gasteiger partial charge on any atom is -0.494 e. The van der Waals surface area contributed by atoms with Gasteiger partial charge in [0.15, 0.2) is 0 Å². The number of hydrogen-bond donors (Lipinski definition) is 1. The average molecular weight is 276 g/mol.